The van der Waals surface area contributed by atoms with Gasteiger partial charge in [0.1, 0.15) is 5.52 Å². The third kappa shape index (κ3) is 2.25. The maximum Gasteiger partial charge on any atom is 0.183 e. The first-order valence-corrected chi connectivity index (χ1v) is 6.38. The van der Waals surface area contributed by atoms with Crippen molar-refractivity contribution in [2.45, 2.75) is 19.4 Å². The topological polar surface area (TPSA) is 98.3 Å². The lowest BCUT2D eigenvalue weighted by molar-refractivity contribution is 0.584. The molecule has 0 unspecified atom stereocenters. The first-order chi connectivity index (χ1) is 9.78. The molecular formula is C13H15N7. The van der Waals surface area contributed by atoms with E-state index in [1.165, 1.54) is 0 Å². The summed E-state index contributed by atoms with van der Waals surface area (Å²) in [6, 6.07) is 0. The normalized spacial score (nSPS) is 11.0. The van der Waals surface area contributed by atoms with Gasteiger partial charge in [0.2, 0.25) is 0 Å². The van der Waals surface area contributed by atoms with Crippen LogP contribution in [0.1, 0.15) is 12.8 Å². The van der Waals surface area contributed by atoms with Crippen molar-refractivity contribution in [1.82, 2.24) is 29.7 Å². The Labute approximate surface area is 115 Å². The van der Waals surface area contributed by atoms with Gasteiger partial charge in [-0.2, -0.15) is 5.10 Å². The van der Waals surface area contributed by atoms with Crippen molar-refractivity contribution in [2.24, 2.45) is 0 Å². The van der Waals surface area contributed by atoms with Gasteiger partial charge in [-0.3, -0.25) is 4.68 Å². The molecule has 3 aromatic rings. The van der Waals surface area contributed by atoms with Gasteiger partial charge in [-0.15, -0.1) is 6.58 Å². The zero-order valence-electron chi connectivity index (χ0n) is 11.0. The van der Waals surface area contributed by atoms with Gasteiger partial charge in [-0.25, -0.2) is 15.0 Å². The molecule has 7 heteroatoms. The zero-order valence-corrected chi connectivity index (χ0v) is 11.0. The van der Waals surface area contributed by atoms with Crippen LogP contribution >= 0.6 is 0 Å². The van der Waals surface area contributed by atoms with Crippen molar-refractivity contribution >= 4 is 17.0 Å². The monoisotopic (exact) mass is 269 g/mol. The van der Waals surface area contributed by atoms with E-state index in [4.69, 9.17) is 5.73 Å². The molecule has 0 radical (unpaired) electrons. The predicted molar refractivity (Wildman–Crippen MR) is 76.7 cm³/mol. The minimum atomic E-state index is 0.391. The fourth-order valence-corrected chi connectivity index (χ4v) is 1.98. The number of nitrogens with zero attached hydrogens (tertiary/aromatic N) is 5. The smallest absolute Gasteiger partial charge is 0.183 e. The summed E-state index contributed by atoms with van der Waals surface area (Å²) >= 11 is 0. The Hall–Kier alpha value is -2.70. The summed E-state index contributed by atoms with van der Waals surface area (Å²) in [7, 11) is 0. The summed E-state index contributed by atoms with van der Waals surface area (Å²) < 4.78 is 1.87. The van der Waals surface area contributed by atoms with Crippen LogP contribution in [0.25, 0.3) is 22.6 Å². The molecule has 0 saturated heterocycles. The van der Waals surface area contributed by atoms with Crippen LogP contribution in [0.4, 0.5) is 5.82 Å². The highest BCUT2D eigenvalue weighted by Gasteiger charge is 2.10. The largest absolute Gasteiger partial charge is 0.382 e. The summed E-state index contributed by atoms with van der Waals surface area (Å²) in [6.45, 7) is 4.54. The minimum Gasteiger partial charge on any atom is -0.382 e. The number of aryl methyl sites for hydroxylation is 1. The van der Waals surface area contributed by atoms with E-state index < -0.39 is 0 Å². The van der Waals surface area contributed by atoms with E-state index >= 15 is 0 Å². The highest BCUT2D eigenvalue weighted by molar-refractivity contribution is 5.82. The van der Waals surface area contributed by atoms with Gasteiger partial charge in [0, 0.05) is 12.7 Å². The van der Waals surface area contributed by atoms with Gasteiger partial charge in [0.05, 0.1) is 18.1 Å². The Kier molecular flexibility index (Phi) is 3.16. The number of aromatic amines is 1. The van der Waals surface area contributed by atoms with Crippen LogP contribution in [0, 0.1) is 0 Å². The number of H-pyrrole nitrogens is 1. The van der Waals surface area contributed by atoms with Gasteiger partial charge >= 0.3 is 0 Å². The number of rotatable bonds is 5. The van der Waals surface area contributed by atoms with Crippen LogP contribution in [0.5, 0.6) is 0 Å². The zero-order chi connectivity index (χ0) is 13.9. The number of imidazole rings is 1. The van der Waals surface area contributed by atoms with Crippen LogP contribution in [-0.4, -0.2) is 29.7 Å². The highest BCUT2D eigenvalue weighted by Crippen LogP contribution is 2.20. The summed E-state index contributed by atoms with van der Waals surface area (Å²) in [5.74, 6) is 0.930. The number of nitrogens with one attached hydrogen (secondary N) is 1. The standard InChI is InChI=1S/C13H15N7/c1-2-3-4-5-20-7-9(6-17-20)12-18-11(14)10-13(19-12)16-8-15-10/h2,6-8H,1,3-5H2,(H3,14,15,16,18,19). The molecule has 3 aromatic heterocycles. The molecule has 3 heterocycles. The van der Waals surface area contributed by atoms with Crippen LogP contribution < -0.4 is 5.73 Å². The third-order valence-corrected chi connectivity index (χ3v) is 3.00. The number of aromatic nitrogens is 6. The lowest BCUT2D eigenvalue weighted by atomic mass is 10.3. The first-order valence-electron chi connectivity index (χ1n) is 6.38. The fraction of sp³-hybridized carbons (Fsp3) is 0.231. The van der Waals surface area contributed by atoms with Gasteiger partial charge in [0.25, 0.3) is 0 Å². The second kappa shape index (κ2) is 5.12. The predicted octanol–water partition coefficient (Wildman–Crippen LogP) is 1.76. The second-order valence-corrected chi connectivity index (χ2v) is 4.46. The van der Waals surface area contributed by atoms with Gasteiger partial charge in [-0.1, -0.05) is 6.08 Å². The number of hydrogen-bond donors (Lipinski definition) is 2. The molecule has 3 N–H and O–H groups in total. The highest BCUT2D eigenvalue weighted by atomic mass is 15.3. The maximum absolute atomic E-state index is 5.88. The summed E-state index contributed by atoms with van der Waals surface area (Å²) in [5, 5.41) is 4.30. The summed E-state index contributed by atoms with van der Waals surface area (Å²) in [5.41, 5.74) is 7.94. The number of allylic oxidation sites excluding steroid dienone is 1. The number of anilines is 1. The Balaban J connectivity index is 1.88. The molecule has 7 nitrogen and oxygen atoms in total. The first kappa shape index (κ1) is 12.3. The van der Waals surface area contributed by atoms with E-state index in [0.717, 1.165) is 24.9 Å². The summed E-state index contributed by atoms with van der Waals surface area (Å²) in [6.07, 6.45) is 9.08. The molecule has 0 atom stereocenters. The average Bonchev–Trinajstić information content (AvgIpc) is 3.07. The molecule has 0 spiro atoms. The van der Waals surface area contributed by atoms with Crippen molar-refractivity contribution < 1.29 is 0 Å². The van der Waals surface area contributed by atoms with Crippen LogP contribution in [0.15, 0.2) is 31.4 Å². The van der Waals surface area contributed by atoms with Crippen molar-refractivity contribution in [3.05, 3.63) is 31.4 Å². The van der Waals surface area contributed by atoms with Crippen LogP contribution in [0.2, 0.25) is 0 Å². The van der Waals surface area contributed by atoms with Crippen molar-refractivity contribution in [3.8, 4) is 11.4 Å². The van der Waals surface area contributed by atoms with E-state index in [2.05, 4.69) is 31.6 Å². The minimum absolute atomic E-state index is 0.391. The van der Waals surface area contributed by atoms with Gasteiger partial charge in [0.15, 0.2) is 17.3 Å². The number of hydrogen-bond acceptors (Lipinski definition) is 5. The lowest BCUT2D eigenvalue weighted by Gasteiger charge is -1.99. The number of unbranched alkanes of at least 4 members (excludes halogenated alkanes) is 1. The molecule has 0 aliphatic rings. The Morgan fingerprint density at radius 3 is 3.15 bits per heavy atom. The van der Waals surface area contributed by atoms with Crippen molar-refractivity contribution in [2.75, 3.05) is 5.73 Å². The van der Waals surface area contributed by atoms with Crippen LogP contribution in [-0.2, 0) is 6.54 Å². The average molecular weight is 269 g/mol. The molecule has 3 rings (SSSR count). The Morgan fingerprint density at radius 1 is 1.40 bits per heavy atom. The molecule has 102 valence electrons. The lowest BCUT2D eigenvalue weighted by Crippen LogP contribution is -1.98. The third-order valence-electron chi connectivity index (χ3n) is 3.00. The van der Waals surface area contributed by atoms with Gasteiger partial charge < -0.3 is 10.7 Å². The Morgan fingerprint density at radius 2 is 2.30 bits per heavy atom. The van der Waals surface area contributed by atoms with E-state index in [0.29, 0.717) is 22.8 Å². The molecular weight excluding hydrogens is 254 g/mol. The summed E-state index contributed by atoms with van der Waals surface area (Å²) in [4.78, 5) is 15.7. The molecule has 0 aliphatic carbocycles. The van der Waals surface area contributed by atoms with Crippen molar-refractivity contribution in [1.29, 1.82) is 0 Å². The Bertz CT molecular complexity index is 740. The molecule has 0 aliphatic heterocycles. The molecule has 0 aromatic carbocycles. The number of nitrogen functional groups attached to an aromatic ring is 1. The van der Waals surface area contributed by atoms with Gasteiger partial charge in [-0.05, 0) is 12.8 Å². The van der Waals surface area contributed by atoms with E-state index in [1.807, 2.05) is 17.0 Å². The molecule has 0 saturated carbocycles. The maximum atomic E-state index is 5.88. The molecule has 0 bridgehead atoms. The molecule has 20 heavy (non-hydrogen) atoms. The van der Waals surface area contributed by atoms with E-state index in [9.17, 15) is 0 Å². The fourth-order valence-electron chi connectivity index (χ4n) is 1.98. The van der Waals surface area contributed by atoms with E-state index in [-0.39, 0.29) is 0 Å². The number of nitrogens with two attached hydrogens (primary N) is 1. The van der Waals surface area contributed by atoms with E-state index in [1.54, 1.807) is 12.5 Å². The van der Waals surface area contributed by atoms with Crippen molar-refractivity contribution in [3.63, 3.8) is 0 Å². The SMILES string of the molecule is C=CCCCn1cc(-c2nc(N)c3[nH]cnc3n2)cn1. The second-order valence-electron chi connectivity index (χ2n) is 4.46. The van der Waals surface area contributed by atoms with Crippen LogP contribution in [0.3, 0.4) is 0 Å². The molecule has 0 amide bonds. The quantitative estimate of drug-likeness (QED) is 0.543. The molecule has 0 fully saturated rings. The number of fused-ring (bicyclic) bond motifs is 1.